The van der Waals surface area contributed by atoms with Gasteiger partial charge in [0.15, 0.2) is 0 Å². The van der Waals surface area contributed by atoms with Gasteiger partial charge in [-0.05, 0) is 48.6 Å². The minimum atomic E-state index is -3.45. The first-order valence-electron chi connectivity index (χ1n) is 8.38. The van der Waals surface area contributed by atoms with E-state index in [1.165, 1.54) is 18.2 Å². The lowest BCUT2D eigenvalue weighted by Gasteiger charge is -2.33. The molecule has 3 rings (SSSR count). The van der Waals surface area contributed by atoms with Crippen molar-refractivity contribution in [2.24, 2.45) is 5.92 Å². The second-order valence-corrected chi connectivity index (χ2v) is 8.18. The van der Waals surface area contributed by atoms with Crippen LogP contribution in [-0.2, 0) is 15.8 Å². The molecule has 25 heavy (non-hydrogen) atoms. The maximum atomic E-state index is 13.2. The van der Waals surface area contributed by atoms with Gasteiger partial charge < -0.3 is 4.90 Å². The van der Waals surface area contributed by atoms with Gasteiger partial charge in [0.1, 0.15) is 5.82 Å². The number of benzene rings is 1. The zero-order chi connectivity index (χ0) is 17.7. The highest BCUT2D eigenvalue weighted by atomic mass is 32.2. The Balaban J connectivity index is 1.47. The van der Waals surface area contributed by atoms with E-state index in [1.807, 2.05) is 12.1 Å². The smallest absolute Gasteiger partial charge is 0.215 e. The van der Waals surface area contributed by atoms with Gasteiger partial charge in [0.2, 0.25) is 10.0 Å². The topological polar surface area (TPSA) is 62.3 Å². The predicted molar refractivity (Wildman–Crippen MR) is 96.2 cm³/mol. The summed E-state index contributed by atoms with van der Waals surface area (Å²) in [6.07, 6.45) is 5.43. The van der Waals surface area contributed by atoms with Crippen LogP contribution < -0.4 is 9.62 Å². The van der Waals surface area contributed by atoms with E-state index in [0.29, 0.717) is 18.0 Å². The van der Waals surface area contributed by atoms with Gasteiger partial charge in [-0.3, -0.25) is 4.98 Å². The molecule has 0 unspecified atom stereocenters. The first kappa shape index (κ1) is 17.8. The van der Waals surface area contributed by atoms with E-state index in [9.17, 15) is 12.8 Å². The third-order valence-corrected chi connectivity index (χ3v) is 5.80. The number of piperidine rings is 1. The highest BCUT2D eigenvalue weighted by Crippen LogP contribution is 2.22. The van der Waals surface area contributed by atoms with Gasteiger partial charge in [-0.2, -0.15) is 0 Å². The van der Waals surface area contributed by atoms with Crippen molar-refractivity contribution in [1.29, 1.82) is 0 Å². The molecule has 1 fully saturated rings. The van der Waals surface area contributed by atoms with Crippen molar-refractivity contribution in [3.8, 4) is 0 Å². The monoisotopic (exact) mass is 363 g/mol. The molecule has 134 valence electrons. The van der Waals surface area contributed by atoms with Gasteiger partial charge in [-0.1, -0.05) is 12.1 Å². The molecule has 0 atom stereocenters. The molecule has 1 N–H and O–H groups in total. The van der Waals surface area contributed by atoms with E-state index in [2.05, 4.69) is 14.6 Å². The van der Waals surface area contributed by atoms with E-state index >= 15 is 0 Å². The van der Waals surface area contributed by atoms with Gasteiger partial charge in [0.25, 0.3) is 0 Å². The van der Waals surface area contributed by atoms with Crippen LogP contribution in [0.5, 0.6) is 0 Å². The molecule has 7 heteroatoms. The summed E-state index contributed by atoms with van der Waals surface area (Å²) >= 11 is 0. The van der Waals surface area contributed by atoms with Crippen LogP contribution in [0.3, 0.4) is 0 Å². The number of nitrogens with zero attached hydrogens (tertiary/aromatic N) is 2. The highest BCUT2D eigenvalue weighted by Gasteiger charge is 2.21. The molecule has 2 aromatic rings. The summed E-state index contributed by atoms with van der Waals surface area (Å²) in [5.74, 6) is -0.294. The average molecular weight is 363 g/mol. The van der Waals surface area contributed by atoms with Crippen LogP contribution >= 0.6 is 0 Å². The number of halogens is 1. The van der Waals surface area contributed by atoms with Crippen LogP contribution in [0.25, 0.3) is 0 Å². The van der Waals surface area contributed by atoms with Gasteiger partial charge in [-0.15, -0.1) is 0 Å². The maximum Gasteiger partial charge on any atom is 0.215 e. The third kappa shape index (κ3) is 5.24. The molecule has 1 saturated heterocycles. The Morgan fingerprint density at radius 3 is 2.56 bits per heavy atom. The third-order valence-electron chi connectivity index (χ3n) is 4.48. The molecular formula is C18H22FN3O2S. The number of anilines is 1. The lowest BCUT2D eigenvalue weighted by molar-refractivity contribution is 0.402. The minimum Gasteiger partial charge on any atom is -0.371 e. The second-order valence-electron chi connectivity index (χ2n) is 6.37. The first-order chi connectivity index (χ1) is 12.0. The lowest BCUT2D eigenvalue weighted by Crippen LogP contribution is -2.39. The minimum absolute atomic E-state index is 0.194. The zero-order valence-electron chi connectivity index (χ0n) is 13.9. The van der Waals surface area contributed by atoms with Crippen LogP contribution in [0, 0.1) is 11.7 Å². The van der Waals surface area contributed by atoms with Gasteiger partial charge in [0.05, 0.1) is 5.75 Å². The molecule has 0 amide bonds. The molecule has 0 spiro atoms. The van der Waals surface area contributed by atoms with Crippen molar-refractivity contribution in [2.75, 3.05) is 24.5 Å². The molecule has 0 saturated carbocycles. The van der Waals surface area contributed by atoms with Gasteiger partial charge in [0, 0.05) is 37.7 Å². The van der Waals surface area contributed by atoms with Gasteiger partial charge in [-0.25, -0.2) is 17.5 Å². The fourth-order valence-corrected chi connectivity index (χ4v) is 4.30. The molecule has 1 aromatic heterocycles. The number of hydrogen-bond acceptors (Lipinski definition) is 4. The number of aromatic nitrogens is 1. The van der Waals surface area contributed by atoms with Crippen LogP contribution in [0.4, 0.5) is 10.1 Å². The summed E-state index contributed by atoms with van der Waals surface area (Å²) in [5, 5.41) is 0. The second kappa shape index (κ2) is 7.93. The molecule has 1 aromatic carbocycles. The number of sulfonamides is 1. The predicted octanol–water partition coefficient (Wildman–Crippen LogP) is 2.56. The molecule has 2 heterocycles. The van der Waals surface area contributed by atoms with Crippen molar-refractivity contribution in [3.63, 3.8) is 0 Å². The van der Waals surface area contributed by atoms with Crippen molar-refractivity contribution in [2.45, 2.75) is 18.6 Å². The van der Waals surface area contributed by atoms with Crippen molar-refractivity contribution in [3.05, 3.63) is 60.2 Å². The fourth-order valence-electron chi connectivity index (χ4n) is 3.09. The molecule has 0 aliphatic carbocycles. The Kier molecular flexibility index (Phi) is 5.65. The number of pyridine rings is 1. The van der Waals surface area contributed by atoms with E-state index in [1.54, 1.807) is 18.5 Å². The van der Waals surface area contributed by atoms with E-state index in [0.717, 1.165) is 31.6 Å². The number of rotatable bonds is 6. The highest BCUT2D eigenvalue weighted by molar-refractivity contribution is 7.88. The number of hydrogen-bond donors (Lipinski definition) is 1. The molecular weight excluding hydrogens is 341 g/mol. The van der Waals surface area contributed by atoms with Crippen LogP contribution in [0.1, 0.15) is 18.4 Å². The van der Waals surface area contributed by atoms with E-state index < -0.39 is 15.8 Å². The molecule has 5 nitrogen and oxygen atoms in total. The Bertz CT molecular complexity index is 791. The van der Waals surface area contributed by atoms with E-state index in [-0.39, 0.29) is 5.75 Å². The van der Waals surface area contributed by atoms with Crippen LogP contribution in [0.15, 0.2) is 48.8 Å². The van der Waals surface area contributed by atoms with E-state index in [4.69, 9.17) is 0 Å². The summed E-state index contributed by atoms with van der Waals surface area (Å²) < 4.78 is 40.2. The standard InChI is InChI=1S/C18H22FN3O2S/c19-17-3-1-2-16(12-17)14-25(23,24)21-13-15-6-10-22(11-7-15)18-4-8-20-9-5-18/h1-5,8-9,12,15,21H,6-7,10-11,13-14H2. The summed E-state index contributed by atoms with van der Waals surface area (Å²) in [5.41, 5.74) is 1.61. The number of nitrogens with one attached hydrogen (secondary N) is 1. The van der Waals surface area contributed by atoms with Crippen molar-refractivity contribution >= 4 is 15.7 Å². The summed E-state index contributed by atoms with van der Waals surface area (Å²) in [4.78, 5) is 6.32. The summed E-state index contributed by atoms with van der Waals surface area (Å²) in [6.45, 7) is 2.24. The lowest BCUT2D eigenvalue weighted by atomic mass is 9.97. The molecule has 1 aliphatic heterocycles. The Morgan fingerprint density at radius 1 is 1.16 bits per heavy atom. The van der Waals surface area contributed by atoms with Crippen LogP contribution in [0.2, 0.25) is 0 Å². The average Bonchev–Trinajstić information content (AvgIpc) is 2.61. The Labute approximate surface area is 147 Å². The molecule has 0 bridgehead atoms. The molecule has 0 radical (unpaired) electrons. The largest absolute Gasteiger partial charge is 0.371 e. The summed E-state index contributed by atoms with van der Waals surface area (Å²) in [7, 11) is -3.45. The Morgan fingerprint density at radius 2 is 1.88 bits per heavy atom. The van der Waals surface area contributed by atoms with Gasteiger partial charge >= 0.3 is 0 Å². The fraction of sp³-hybridized carbons (Fsp3) is 0.389. The van der Waals surface area contributed by atoms with Crippen molar-refractivity contribution in [1.82, 2.24) is 9.71 Å². The quantitative estimate of drug-likeness (QED) is 0.857. The van der Waals surface area contributed by atoms with Crippen LogP contribution in [-0.4, -0.2) is 33.0 Å². The Hall–Kier alpha value is -1.99. The maximum absolute atomic E-state index is 13.2. The first-order valence-corrected chi connectivity index (χ1v) is 10.0. The molecule has 1 aliphatic rings. The van der Waals surface area contributed by atoms with Crippen molar-refractivity contribution < 1.29 is 12.8 Å². The summed E-state index contributed by atoms with van der Waals surface area (Å²) in [6, 6.07) is 9.68. The normalized spacial score (nSPS) is 16.1. The zero-order valence-corrected chi connectivity index (χ0v) is 14.8. The SMILES string of the molecule is O=S(=O)(Cc1cccc(F)c1)NCC1CCN(c2ccncc2)CC1.